The Labute approximate surface area is 125 Å². The van der Waals surface area contributed by atoms with Gasteiger partial charge in [-0.2, -0.15) is 5.26 Å². The lowest BCUT2D eigenvalue weighted by molar-refractivity contribution is 0.624. The third-order valence-electron chi connectivity index (χ3n) is 3.18. The van der Waals surface area contributed by atoms with Crippen LogP contribution in [0.5, 0.6) is 0 Å². The Hall–Kier alpha value is -3.13. The minimum Gasteiger partial charge on any atom is -0.236 e. The zero-order valence-corrected chi connectivity index (χ0v) is 11.3. The predicted molar refractivity (Wildman–Crippen MR) is 77.5 cm³/mol. The molecule has 0 saturated heterocycles. The van der Waals surface area contributed by atoms with Gasteiger partial charge in [0.25, 0.3) is 0 Å². The van der Waals surface area contributed by atoms with E-state index in [4.69, 9.17) is 5.26 Å². The second kappa shape index (κ2) is 5.70. The Morgan fingerprint density at radius 3 is 2.23 bits per heavy atom. The van der Waals surface area contributed by atoms with E-state index in [2.05, 4.69) is 9.97 Å². The molecule has 106 valence electrons. The smallest absolute Gasteiger partial charge is 0.159 e. The van der Waals surface area contributed by atoms with E-state index in [1.165, 1.54) is 30.6 Å². The summed E-state index contributed by atoms with van der Waals surface area (Å²) in [5.41, 5.74) is 1.36. The highest BCUT2D eigenvalue weighted by molar-refractivity contribution is 5.64. The van der Waals surface area contributed by atoms with Crippen molar-refractivity contribution in [2.45, 2.75) is 0 Å². The van der Waals surface area contributed by atoms with E-state index < -0.39 is 5.82 Å². The van der Waals surface area contributed by atoms with Gasteiger partial charge in [-0.3, -0.25) is 0 Å². The third kappa shape index (κ3) is 2.54. The summed E-state index contributed by atoms with van der Waals surface area (Å²) in [7, 11) is 0. The van der Waals surface area contributed by atoms with Crippen LogP contribution in [-0.2, 0) is 0 Å². The van der Waals surface area contributed by atoms with Crippen molar-refractivity contribution in [3.05, 3.63) is 72.1 Å². The summed E-state index contributed by atoms with van der Waals surface area (Å²) in [5.74, 6) is -0.673. The highest BCUT2D eigenvalue weighted by Gasteiger charge is 2.09. The predicted octanol–water partition coefficient (Wildman–Crippen LogP) is 3.96. The molecule has 1 heterocycles. The van der Waals surface area contributed by atoms with Crippen LogP contribution in [0.4, 0.5) is 8.78 Å². The molecule has 0 atom stereocenters. The maximum atomic E-state index is 13.7. The molecule has 5 heteroatoms. The van der Waals surface area contributed by atoms with Crippen LogP contribution in [0.1, 0.15) is 5.56 Å². The zero-order valence-electron chi connectivity index (χ0n) is 11.3. The van der Waals surface area contributed by atoms with Crippen LogP contribution in [0.15, 0.2) is 54.9 Å². The fraction of sp³-hybridized carbons (Fsp3) is 0. The fourth-order valence-electron chi connectivity index (χ4n) is 2.06. The molecule has 22 heavy (non-hydrogen) atoms. The van der Waals surface area contributed by atoms with Gasteiger partial charge >= 0.3 is 0 Å². The first-order valence-electron chi connectivity index (χ1n) is 6.46. The minimum absolute atomic E-state index is 0.0354. The number of benzene rings is 2. The molecular formula is C17H9F2N3. The lowest BCUT2D eigenvalue weighted by atomic mass is 10.1. The largest absolute Gasteiger partial charge is 0.236 e. The molecule has 0 amide bonds. The van der Waals surface area contributed by atoms with Crippen LogP contribution >= 0.6 is 0 Å². The van der Waals surface area contributed by atoms with Crippen LogP contribution < -0.4 is 0 Å². The number of halogens is 2. The third-order valence-corrected chi connectivity index (χ3v) is 3.18. The lowest BCUT2D eigenvalue weighted by Crippen LogP contribution is -1.93. The molecule has 0 aliphatic rings. The molecule has 1 aromatic heterocycles. The van der Waals surface area contributed by atoms with Crippen LogP contribution in [0, 0.1) is 23.0 Å². The molecule has 0 bridgehead atoms. The van der Waals surface area contributed by atoms with E-state index in [0.717, 1.165) is 0 Å². The SMILES string of the molecule is N#Cc1ccc(-c2ncc(-c3ccccc3F)cn2)cc1F. The van der Waals surface area contributed by atoms with Gasteiger partial charge in [-0.1, -0.05) is 18.2 Å². The summed E-state index contributed by atoms with van der Waals surface area (Å²) in [4.78, 5) is 8.27. The number of nitrogens with zero attached hydrogens (tertiary/aromatic N) is 3. The first-order valence-corrected chi connectivity index (χ1v) is 6.46. The molecule has 0 N–H and O–H groups in total. The van der Waals surface area contributed by atoms with Gasteiger partial charge < -0.3 is 0 Å². The van der Waals surface area contributed by atoms with Gasteiger partial charge in [0.15, 0.2) is 5.82 Å². The molecule has 3 aromatic rings. The number of rotatable bonds is 2. The number of hydrogen-bond donors (Lipinski definition) is 0. The van der Waals surface area contributed by atoms with Gasteiger partial charge in [0, 0.05) is 29.1 Å². The Morgan fingerprint density at radius 1 is 0.864 bits per heavy atom. The maximum absolute atomic E-state index is 13.7. The zero-order chi connectivity index (χ0) is 15.5. The van der Waals surface area contributed by atoms with Crippen molar-refractivity contribution in [2.24, 2.45) is 0 Å². The summed E-state index contributed by atoms with van der Waals surface area (Å²) in [6, 6.07) is 12.2. The summed E-state index contributed by atoms with van der Waals surface area (Å²) in [5, 5.41) is 8.71. The highest BCUT2D eigenvalue weighted by atomic mass is 19.1. The van der Waals surface area contributed by atoms with E-state index in [-0.39, 0.29) is 11.4 Å². The van der Waals surface area contributed by atoms with E-state index in [9.17, 15) is 8.78 Å². The minimum atomic E-state index is -0.623. The molecule has 3 nitrogen and oxygen atoms in total. The summed E-state index contributed by atoms with van der Waals surface area (Å²) >= 11 is 0. The number of hydrogen-bond acceptors (Lipinski definition) is 3. The normalized spacial score (nSPS) is 10.2. The fourth-order valence-corrected chi connectivity index (χ4v) is 2.06. The second-order valence-corrected chi connectivity index (χ2v) is 4.58. The van der Waals surface area contributed by atoms with E-state index in [1.54, 1.807) is 30.3 Å². The molecular weight excluding hydrogens is 284 g/mol. The molecule has 0 spiro atoms. The number of nitriles is 1. The van der Waals surface area contributed by atoms with Gasteiger partial charge in [0.05, 0.1) is 5.56 Å². The van der Waals surface area contributed by atoms with Gasteiger partial charge in [0.1, 0.15) is 17.7 Å². The molecule has 0 aliphatic carbocycles. The highest BCUT2D eigenvalue weighted by Crippen LogP contribution is 2.23. The Morgan fingerprint density at radius 2 is 1.59 bits per heavy atom. The standard InChI is InChI=1S/C17H9F2N3/c18-15-4-2-1-3-14(15)13-9-21-17(22-10-13)11-5-6-12(8-20)16(19)7-11/h1-7,9-10H. The van der Waals surface area contributed by atoms with E-state index in [1.807, 2.05) is 0 Å². The van der Waals surface area contributed by atoms with Crippen LogP contribution in [0.25, 0.3) is 22.5 Å². The summed E-state index contributed by atoms with van der Waals surface area (Å²) in [6.45, 7) is 0. The van der Waals surface area contributed by atoms with Crippen molar-refractivity contribution in [1.82, 2.24) is 9.97 Å². The molecule has 2 aromatic carbocycles. The molecule has 0 radical (unpaired) electrons. The topological polar surface area (TPSA) is 49.6 Å². The average molecular weight is 293 g/mol. The summed E-state index contributed by atoms with van der Waals surface area (Å²) in [6.07, 6.45) is 2.97. The van der Waals surface area contributed by atoms with Crippen molar-refractivity contribution < 1.29 is 8.78 Å². The monoisotopic (exact) mass is 293 g/mol. The maximum Gasteiger partial charge on any atom is 0.159 e. The second-order valence-electron chi connectivity index (χ2n) is 4.58. The van der Waals surface area contributed by atoms with Crippen molar-refractivity contribution in [2.75, 3.05) is 0 Å². The Kier molecular flexibility index (Phi) is 3.58. The quantitative estimate of drug-likeness (QED) is 0.718. The van der Waals surface area contributed by atoms with Crippen LogP contribution in [0.3, 0.4) is 0 Å². The molecule has 0 saturated carbocycles. The number of aromatic nitrogens is 2. The van der Waals surface area contributed by atoms with E-state index >= 15 is 0 Å². The molecule has 0 unspecified atom stereocenters. The first-order chi connectivity index (χ1) is 10.7. The molecule has 3 rings (SSSR count). The summed E-state index contributed by atoms with van der Waals surface area (Å²) < 4.78 is 27.3. The Balaban J connectivity index is 1.97. The van der Waals surface area contributed by atoms with Gasteiger partial charge in [0.2, 0.25) is 0 Å². The van der Waals surface area contributed by atoms with Gasteiger partial charge in [-0.25, -0.2) is 18.7 Å². The van der Waals surface area contributed by atoms with Crippen molar-refractivity contribution >= 4 is 0 Å². The van der Waals surface area contributed by atoms with E-state index in [0.29, 0.717) is 22.5 Å². The molecule has 0 fully saturated rings. The average Bonchev–Trinajstić information content (AvgIpc) is 2.55. The molecule has 0 aliphatic heterocycles. The van der Waals surface area contributed by atoms with Gasteiger partial charge in [-0.05, 0) is 24.3 Å². The van der Waals surface area contributed by atoms with Crippen molar-refractivity contribution in [1.29, 1.82) is 5.26 Å². The lowest BCUT2D eigenvalue weighted by Gasteiger charge is -2.04. The van der Waals surface area contributed by atoms with Crippen LogP contribution in [-0.4, -0.2) is 9.97 Å². The van der Waals surface area contributed by atoms with Crippen LogP contribution in [0.2, 0.25) is 0 Å². The first kappa shape index (κ1) is 13.8. The van der Waals surface area contributed by atoms with Crippen molar-refractivity contribution in [3.63, 3.8) is 0 Å². The van der Waals surface area contributed by atoms with Crippen molar-refractivity contribution in [3.8, 4) is 28.6 Å². The Bertz CT molecular complexity index is 868. The van der Waals surface area contributed by atoms with Gasteiger partial charge in [-0.15, -0.1) is 0 Å².